The Labute approximate surface area is 94.2 Å². The minimum Gasteiger partial charge on any atom is -0.355 e. The van der Waals surface area contributed by atoms with E-state index in [4.69, 9.17) is 0 Å². The molecule has 0 radical (unpaired) electrons. The first-order chi connectivity index (χ1) is 7.33. The van der Waals surface area contributed by atoms with Crippen molar-refractivity contribution >= 4 is 17.2 Å². The second-order valence-electron chi connectivity index (χ2n) is 3.10. The standard InChI is InChI=1S/C11H16N2OS/c1-2-6-12-9-11(14)13-7-5-10-4-3-8-15-10/h2-4,8,12H,1,5-7,9H2,(H,13,14). The van der Waals surface area contributed by atoms with Crippen LogP contribution in [-0.2, 0) is 11.2 Å². The molecule has 0 aliphatic heterocycles. The third-order valence-electron chi connectivity index (χ3n) is 1.85. The van der Waals surface area contributed by atoms with Gasteiger partial charge >= 0.3 is 0 Å². The largest absolute Gasteiger partial charge is 0.355 e. The lowest BCUT2D eigenvalue weighted by molar-refractivity contribution is -0.120. The first-order valence-corrected chi connectivity index (χ1v) is 5.81. The summed E-state index contributed by atoms with van der Waals surface area (Å²) in [6.45, 7) is 5.29. The van der Waals surface area contributed by atoms with E-state index in [1.54, 1.807) is 17.4 Å². The first-order valence-electron chi connectivity index (χ1n) is 4.93. The highest BCUT2D eigenvalue weighted by atomic mass is 32.1. The van der Waals surface area contributed by atoms with Gasteiger partial charge < -0.3 is 10.6 Å². The van der Waals surface area contributed by atoms with E-state index in [1.807, 2.05) is 11.4 Å². The summed E-state index contributed by atoms with van der Waals surface area (Å²) in [5, 5.41) is 7.85. The van der Waals surface area contributed by atoms with Crippen LogP contribution in [-0.4, -0.2) is 25.5 Å². The summed E-state index contributed by atoms with van der Waals surface area (Å²) in [5.41, 5.74) is 0. The highest BCUT2D eigenvalue weighted by Gasteiger charge is 1.99. The third kappa shape index (κ3) is 5.34. The van der Waals surface area contributed by atoms with E-state index in [9.17, 15) is 4.79 Å². The maximum atomic E-state index is 11.2. The SMILES string of the molecule is C=CCNCC(=O)NCCc1cccs1. The Hall–Kier alpha value is -1.13. The van der Waals surface area contributed by atoms with Crippen LogP contribution in [0.3, 0.4) is 0 Å². The summed E-state index contributed by atoms with van der Waals surface area (Å²) >= 11 is 1.72. The van der Waals surface area contributed by atoms with Crippen LogP contribution in [0.25, 0.3) is 0 Å². The van der Waals surface area contributed by atoms with Crippen molar-refractivity contribution in [2.75, 3.05) is 19.6 Å². The molecule has 0 unspecified atom stereocenters. The molecule has 2 N–H and O–H groups in total. The van der Waals surface area contributed by atoms with Crippen molar-refractivity contribution in [2.45, 2.75) is 6.42 Å². The second kappa shape index (κ2) is 7.20. The summed E-state index contributed by atoms with van der Waals surface area (Å²) in [4.78, 5) is 12.5. The minimum absolute atomic E-state index is 0.0356. The molecule has 1 amide bonds. The van der Waals surface area contributed by atoms with Crippen molar-refractivity contribution < 1.29 is 4.79 Å². The van der Waals surface area contributed by atoms with E-state index >= 15 is 0 Å². The summed E-state index contributed by atoms with van der Waals surface area (Å²) in [6.07, 6.45) is 2.64. The summed E-state index contributed by atoms with van der Waals surface area (Å²) in [5.74, 6) is 0.0356. The molecule has 4 heteroatoms. The molecule has 1 aromatic heterocycles. The normalized spacial score (nSPS) is 9.87. The van der Waals surface area contributed by atoms with Gasteiger partial charge in [-0.15, -0.1) is 17.9 Å². The zero-order chi connectivity index (χ0) is 10.9. The molecule has 3 nitrogen and oxygen atoms in total. The Morgan fingerprint density at radius 1 is 1.60 bits per heavy atom. The maximum absolute atomic E-state index is 11.2. The lowest BCUT2D eigenvalue weighted by Gasteiger charge is -2.04. The van der Waals surface area contributed by atoms with E-state index in [2.05, 4.69) is 23.3 Å². The quantitative estimate of drug-likeness (QED) is 0.539. The lowest BCUT2D eigenvalue weighted by atomic mass is 10.3. The molecule has 0 saturated heterocycles. The smallest absolute Gasteiger partial charge is 0.233 e. The van der Waals surface area contributed by atoms with Gasteiger partial charge in [0, 0.05) is 18.0 Å². The first kappa shape index (κ1) is 11.9. The van der Waals surface area contributed by atoms with Crippen molar-refractivity contribution in [3.05, 3.63) is 35.0 Å². The Morgan fingerprint density at radius 3 is 3.13 bits per heavy atom. The fourth-order valence-corrected chi connectivity index (χ4v) is 1.84. The summed E-state index contributed by atoms with van der Waals surface area (Å²) in [6, 6.07) is 4.10. The fraction of sp³-hybridized carbons (Fsp3) is 0.364. The number of hydrogen-bond donors (Lipinski definition) is 2. The van der Waals surface area contributed by atoms with Crippen molar-refractivity contribution in [1.82, 2.24) is 10.6 Å². The van der Waals surface area contributed by atoms with Crippen molar-refractivity contribution in [2.24, 2.45) is 0 Å². The predicted octanol–water partition coefficient (Wildman–Crippen LogP) is 1.18. The minimum atomic E-state index is 0.0356. The van der Waals surface area contributed by atoms with E-state index in [0.29, 0.717) is 19.6 Å². The van der Waals surface area contributed by atoms with Crippen LogP contribution < -0.4 is 10.6 Å². The van der Waals surface area contributed by atoms with Crippen molar-refractivity contribution in [3.63, 3.8) is 0 Å². The molecule has 82 valence electrons. The van der Waals surface area contributed by atoms with Crippen LogP contribution in [0.15, 0.2) is 30.2 Å². The molecule has 0 atom stereocenters. The molecule has 1 heterocycles. The monoisotopic (exact) mass is 224 g/mol. The molecule has 1 aromatic rings. The molecule has 0 aliphatic carbocycles. The molecular formula is C11H16N2OS. The van der Waals surface area contributed by atoms with Gasteiger partial charge in [0.1, 0.15) is 0 Å². The Bertz CT molecular complexity index is 296. The molecule has 1 rings (SSSR count). The van der Waals surface area contributed by atoms with Gasteiger partial charge in [0.05, 0.1) is 6.54 Å². The molecule has 0 spiro atoms. The van der Waals surface area contributed by atoms with Crippen molar-refractivity contribution in [1.29, 1.82) is 0 Å². The number of carbonyl (C=O) groups is 1. The van der Waals surface area contributed by atoms with Crippen LogP contribution in [0.2, 0.25) is 0 Å². The highest BCUT2D eigenvalue weighted by molar-refractivity contribution is 7.09. The third-order valence-corrected chi connectivity index (χ3v) is 2.78. The van der Waals surface area contributed by atoms with Crippen LogP contribution in [0.4, 0.5) is 0 Å². The van der Waals surface area contributed by atoms with Crippen LogP contribution >= 0.6 is 11.3 Å². The predicted molar refractivity (Wildman–Crippen MR) is 64.1 cm³/mol. The number of thiophene rings is 1. The number of nitrogens with one attached hydrogen (secondary N) is 2. The van der Waals surface area contributed by atoms with Crippen LogP contribution in [0, 0.1) is 0 Å². The summed E-state index contributed by atoms with van der Waals surface area (Å²) < 4.78 is 0. The molecule has 15 heavy (non-hydrogen) atoms. The Kier molecular flexibility index (Phi) is 5.73. The van der Waals surface area contributed by atoms with E-state index < -0.39 is 0 Å². The number of hydrogen-bond acceptors (Lipinski definition) is 3. The van der Waals surface area contributed by atoms with Gasteiger partial charge in [0.2, 0.25) is 5.91 Å². The summed E-state index contributed by atoms with van der Waals surface area (Å²) in [7, 11) is 0. The topological polar surface area (TPSA) is 41.1 Å². The fourth-order valence-electron chi connectivity index (χ4n) is 1.13. The number of amides is 1. The van der Waals surface area contributed by atoms with Gasteiger partial charge in [-0.05, 0) is 17.9 Å². The van der Waals surface area contributed by atoms with Crippen LogP contribution in [0.5, 0.6) is 0 Å². The Morgan fingerprint density at radius 2 is 2.47 bits per heavy atom. The van der Waals surface area contributed by atoms with Crippen LogP contribution in [0.1, 0.15) is 4.88 Å². The Balaban J connectivity index is 2.04. The molecule has 0 bridgehead atoms. The van der Waals surface area contributed by atoms with E-state index in [1.165, 1.54) is 4.88 Å². The van der Waals surface area contributed by atoms with Gasteiger partial charge in [-0.3, -0.25) is 4.79 Å². The highest BCUT2D eigenvalue weighted by Crippen LogP contribution is 2.07. The molecule has 0 aromatic carbocycles. The average molecular weight is 224 g/mol. The van der Waals surface area contributed by atoms with Gasteiger partial charge in [-0.1, -0.05) is 12.1 Å². The van der Waals surface area contributed by atoms with Gasteiger partial charge in [-0.2, -0.15) is 0 Å². The second-order valence-corrected chi connectivity index (χ2v) is 4.13. The van der Waals surface area contributed by atoms with E-state index in [-0.39, 0.29) is 5.91 Å². The zero-order valence-electron chi connectivity index (χ0n) is 8.66. The molecule has 0 saturated carbocycles. The van der Waals surface area contributed by atoms with E-state index in [0.717, 1.165) is 6.42 Å². The molecule has 0 fully saturated rings. The molecular weight excluding hydrogens is 208 g/mol. The zero-order valence-corrected chi connectivity index (χ0v) is 9.48. The number of rotatable bonds is 7. The number of carbonyl (C=O) groups excluding carboxylic acids is 1. The maximum Gasteiger partial charge on any atom is 0.233 e. The lowest BCUT2D eigenvalue weighted by Crippen LogP contribution is -2.34. The van der Waals surface area contributed by atoms with Gasteiger partial charge in [0.15, 0.2) is 0 Å². The average Bonchev–Trinajstić information content (AvgIpc) is 2.71. The van der Waals surface area contributed by atoms with Gasteiger partial charge in [-0.25, -0.2) is 0 Å². The van der Waals surface area contributed by atoms with Crippen molar-refractivity contribution in [3.8, 4) is 0 Å². The van der Waals surface area contributed by atoms with Gasteiger partial charge in [0.25, 0.3) is 0 Å². The molecule has 0 aliphatic rings.